The minimum absolute atomic E-state index is 0.220. The molecule has 0 aliphatic carbocycles. The molecule has 11 nitrogen and oxygen atoms in total. The zero-order valence-corrected chi connectivity index (χ0v) is 28.9. The fourth-order valence-electron chi connectivity index (χ4n) is 5.38. The first-order valence-corrected chi connectivity index (χ1v) is 17.4. The number of hydrogen-bond donors (Lipinski definition) is 2. The minimum Gasteiger partial charge on any atom is -0.459 e. The van der Waals surface area contributed by atoms with Crippen molar-refractivity contribution in [1.82, 2.24) is 19.6 Å². The normalized spacial score (nSPS) is 14.8. The van der Waals surface area contributed by atoms with Gasteiger partial charge in [0.05, 0.1) is 23.7 Å². The van der Waals surface area contributed by atoms with E-state index in [1.54, 1.807) is 39.8 Å². The Morgan fingerprint density at radius 1 is 1.00 bits per heavy atom. The monoisotopic (exact) mass is 661 g/mol. The number of imidazole rings is 1. The number of hydrogen-bond acceptors (Lipinski definition) is 9. The highest BCUT2D eigenvalue weighted by Gasteiger charge is 2.39. The number of para-hydroxylation sites is 1. The average Bonchev–Trinajstić information content (AvgIpc) is 3.36. The summed E-state index contributed by atoms with van der Waals surface area (Å²) in [7, 11) is -4.23. The second kappa shape index (κ2) is 14.0. The van der Waals surface area contributed by atoms with Gasteiger partial charge in [-0.05, 0) is 69.5 Å². The van der Waals surface area contributed by atoms with Crippen molar-refractivity contribution in [2.45, 2.75) is 79.4 Å². The Kier molecular flexibility index (Phi) is 10.2. The van der Waals surface area contributed by atoms with Gasteiger partial charge in [0.1, 0.15) is 35.3 Å². The number of rotatable bonds is 13. The topological polar surface area (TPSA) is 140 Å². The fraction of sp³-hybridized carbons (Fsp3) is 0.400. The van der Waals surface area contributed by atoms with Gasteiger partial charge in [-0.1, -0.05) is 62.4 Å². The molecule has 0 aliphatic rings. The maximum absolute atomic E-state index is 14.8. The lowest BCUT2D eigenvalue weighted by Crippen LogP contribution is -2.44. The second-order valence-electron chi connectivity index (χ2n) is 12.9. The summed E-state index contributed by atoms with van der Waals surface area (Å²) in [6.45, 7) is 13.7. The van der Waals surface area contributed by atoms with Crippen LogP contribution in [0, 0.1) is 5.92 Å². The van der Waals surface area contributed by atoms with Crippen molar-refractivity contribution in [3.8, 4) is 5.75 Å². The van der Waals surface area contributed by atoms with Gasteiger partial charge in [-0.25, -0.2) is 14.5 Å². The zero-order chi connectivity index (χ0) is 33.9. The van der Waals surface area contributed by atoms with E-state index in [1.165, 1.54) is 0 Å². The summed E-state index contributed by atoms with van der Waals surface area (Å²) in [6, 6.07) is 19.9. The van der Waals surface area contributed by atoms with Crippen molar-refractivity contribution in [2.24, 2.45) is 5.92 Å². The number of fused-ring (bicyclic) bond motifs is 4. The second-order valence-corrected chi connectivity index (χ2v) is 14.5. The van der Waals surface area contributed by atoms with Crippen LogP contribution in [0.2, 0.25) is 0 Å². The van der Waals surface area contributed by atoms with Crippen LogP contribution in [0.5, 0.6) is 5.75 Å². The van der Waals surface area contributed by atoms with Gasteiger partial charge in [-0.2, -0.15) is 5.09 Å². The predicted molar refractivity (Wildman–Crippen MR) is 185 cm³/mol. The van der Waals surface area contributed by atoms with Crippen LogP contribution in [-0.4, -0.2) is 44.9 Å². The Balaban J connectivity index is 1.53. The van der Waals surface area contributed by atoms with Gasteiger partial charge in [-0.15, -0.1) is 0 Å². The van der Waals surface area contributed by atoms with Gasteiger partial charge >= 0.3 is 13.7 Å². The van der Waals surface area contributed by atoms with Crippen LogP contribution < -0.4 is 15.3 Å². The molecule has 3 atom stereocenters. The Morgan fingerprint density at radius 2 is 1.70 bits per heavy atom. The van der Waals surface area contributed by atoms with Crippen LogP contribution in [0.4, 0.5) is 5.82 Å². The van der Waals surface area contributed by atoms with Crippen molar-refractivity contribution in [3.05, 3.63) is 72.6 Å². The van der Waals surface area contributed by atoms with Gasteiger partial charge in [0.25, 0.3) is 0 Å². The van der Waals surface area contributed by atoms with E-state index < -0.39 is 31.5 Å². The molecular weight excluding hydrogens is 617 g/mol. The maximum Gasteiger partial charge on any atom is 0.459 e. The molecule has 0 aliphatic heterocycles. The lowest BCUT2D eigenvalue weighted by molar-refractivity contribution is -0.158. The van der Waals surface area contributed by atoms with Crippen molar-refractivity contribution in [1.29, 1.82) is 0 Å². The Morgan fingerprint density at radius 3 is 2.40 bits per heavy atom. The number of anilines is 1. The highest BCUT2D eigenvalue weighted by molar-refractivity contribution is 7.52. The summed E-state index contributed by atoms with van der Waals surface area (Å²) >= 11 is 0. The molecule has 2 aromatic heterocycles. The number of esters is 1. The minimum atomic E-state index is -4.23. The van der Waals surface area contributed by atoms with Crippen molar-refractivity contribution in [3.63, 3.8) is 0 Å². The first-order chi connectivity index (χ1) is 22.3. The first kappa shape index (κ1) is 34.3. The Hall–Kier alpha value is -4.02. The smallest absolute Gasteiger partial charge is 0.459 e. The van der Waals surface area contributed by atoms with Crippen LogP contribution in [0.3, 0.4) is 0 Å². The Labute approximate surface area is 275 Å². The third-order valence-corrected chi connectivity index (χ3v) is 9.14. The molecule has 0 radical (unpaired) electrons. The van der Waals surface area contributed by atoms with E-state index in [4.69, 9.17) is 29.2 Å². The predicted octanol–water partition coefficient (Wildman–Crippen LogP) is 7.40. The number of carbonyl (C=O) groups is 1. The molecule has 2 heterocycles. The number of aromatic nitrogens is 3. The molecule has 0 amide bonds. The van der Waals surface area contributed by atoms with Gasteiger partial charge in [-0.3, -0.25) is 9.32 Å². The van der Waals surface area contributed by atoms with Gasteiger partial charge < -0.3 is 24.3 Å². The number of nitrogens with zero attached hydrogens (tertiary/aromatic N) is 3. The highest BCUT2D eigenvalue weighted by atomic mass is 31.2. The molecule has 5 aromatic rings. The largest absolute Gasteiger partial charge is 0.459 e. The molecule has 3 N–H and O–H groups in total. The van der Waals surface area contributed by atoms with Crippen molar-refractivity contribution >= 4 is 52.2 Å². The van der Waals surface area contributed by atoms with Crippen LogP contribution in [0.15, 0.2) is 66.7 Å². The third-order valence-electron chi connectivity index (χ3n) is 7.45. The average molecular weight is 662 g/mol. The molecule has 47 heavy (non-hydrogen) atoms. The molecular formula is C35H44N5O6P. The maximum atomic E-state index is 14.8. The molecule has 1 unspecified atom stereocenters. The number of pyridine rings is 1. The Bertz CT molecular complexity index is 1940. The van der Waals surface area contributed by atoms with E-state index in [1.807, 2.05) is 79.9 Å². The quantitative estimate of drug-likeness (QED) is 0.0969. The number of carbonyl (C=O) groups excluding carboxylic acids is 1. The summed E-state index contributed by atoms with van der Waals surface area (Å²) in [5, 5.41) is 5.70. The molecule has 0 bridgehead atoms. The van der Waals surface area contributed by atoms with Crippen LogP contribution in [0.25, 0.3) is 32.7 Å². The standard InChI is InChI=1S/C35H44N5O6P/c1-8-43-21-29-38-31-32(27-15-11-12-16-28(27)37-33(31)36)40(29)20-23(4)45-47(42,39-30(22(2)3)34(41)44-35(5,6)7)46-26-18-17-24-13-9-10-14-25(24)19-26/h9-19,22-23,30H,8,20-21H2,1-7H3,(H2,36,37)(H,39,42)/t23-,30+,47?/m1/s1. The molecule has 12 heteroatoms. The zero-order valence-electron chi connectivity index (χ0n) is 28.0. The lowest BCUT2D eigenvalue weighted by atomic mass is 10.1. The molecule has 250 valence electrons. The number of nitrogens with two attached hydrogens (primary N) is 1. The summed E-state index contributed by atoms with van der Waals surface area (Å²) < 4.78 is 40.7. The van der Waals surface area contributed by atoms with Crippen LogP contribution in [-0.2, 0) is 36.5 Å². The summed E-state index contributed by atoms with van der Waals surface area (Å²) in [6.07, 6.45) is -0.703. The van der Waals surface area contributed by atoms with Crippen LogP contribution >= 0.6 is 7.75 Å². The van der Waals surface area contributed by atoms with E-state index in [0.29, 0.717) is 29.5 Å². The first-order valence-electron chi connectivity index (χ1n) is 15.9. The summed E-state index contributed by atoms with van der Waals surface area (Å²) in [5.74, 6) is 0.394. The van der Waals surface area contributed by atoms with Gasteiger partial charge in [0.2, 0.25) is 0 Å². The molecule has 3 aromatic carbocycles. The highest BCUT2D eigenvalue weighted by Crippen LogP contribution is 2.47. The van der Waals surface area contributed by atoms with E-state index in [0.717, 1.165) is 27.2 Å². The molecule has 0 fully saturated rings. The molecule has 0 saturated heterocycles. The molecule has 0 saturated carbocycles. The molecule has 0 spiro atoms. The SMILES string of the molecule is CCOCc1nc2c(N)nc3ccccc3c2n1C[C@@H](C)OP(=O)(N[C@H](C(=O)OC(C)(C)C)C(C)C)Oc1ccc2ccccc2c1. The van der Waals surface area contributed by atoms with Crippen molar-refractivity contribution in [2.75, 3.05) is 12.3 Å². The lowest BCUT2D eigenvalue weighted by Gasteiger charge is -2.30. The van der Waals surface area contributed by atoms with E-state index in [2.05, 4.69) is 10.1 Å². The van der Waals surface area contributed by atoms with E-state index in [9.17, 15) is 9.36 Å². The number of nitrogen functional groups attached to an aromatic ring is 1. The number of ether oxygens (including phenoxy) is 2. The van der Waals surface area contributed by atoms with Crippen molar-refractivity contribution < 1.29 is 27.9 Å². The van der Waals surface area contributed by atoms with E-state index >= 15 is 0 Å². The number of benzene rings is 3. The summed E-state index contributed by atoms with van der Waals surface area (Å²) in [4.78, 5) is 22.7. The third kappa shape index (κ3) is 8.11. The number of nitrogens with one attached hydrogen (secondary N) is 1. The van der Waals surface area contributed by atoms with Gasteiger partial charge in [0, 0.05) is 12.0 Å². The van der Waals surface area contributed by atoms with E-state index in [-0.39, 0.29) is 19.1 Å². The van der Waals surface area contributed by atoms with Crippen LogP contribution in [0.1, 0.15) is 54.3 Å². The van der Waals surface area contributed by atoms with Gasteiger partial charge in [0.15, 0.2) is 5.82 Å². The summed E-state index contributed by atoms with van der Waals surface area (Å²) in [5.41, 5.74) is 7.66. The fourth-order valence-corrected chi connectivity index (χ4v) is 7.22. The molecule has 5 rings (SSSR count).